The summed E-state index contributed by atoms with van der Waals surface area (Å²) in [4.78, 5) is 26.0. The van der Waals surface area contributed by atoms with E-state index in [-0.39, 0.29) is 18.1 Å². The van der Waals surface area contributed by atoms with E-state index in [1.165, 1.54) is 25.7 Å². The van der Waals surface area contributed by atoms with Gasteiger partial charge in [0.05, 0.1) is 11.8 Å². The molecule has 2 aliphatic rings. The molecule has 0 radical (unpaired) electrons. The topological polar surface area (TPSA) is 66.3 Å². The molecule has 0 unspecified atom stereocenters. The summed E-state index contributed by atoms with van der Waals surface area (Å²) >= 11 is 0. The summed E-state index contributed by atoms with van der Waals surface area (Å²) < 4.78 is 0. The Morgan fingerprint density at radius 3 is 2.30 bits per heavy atom. The minimum Gasteiger partial charge on any atom is -0.317 e. The SMILES string of the molecule is CC/C(C)=N/O/C(=N\C1CCCCC1)N(C(=O)Nc1ccccc1)C1CCCCC1. The molecule has 0 spiro atoms. The zero-order chi connectivity index (χ0) is 21.2. The predicted octanol–water partition coefficient (Wildman–Crippen LogP) is 6.34. The third kappa shape index (κ3) is 6.57. The summed E-state index contributed by atoms with van der Waals surface area (Å²) in [5.74, 6) is 0. The number of nitrogens with one attached hydrogen (secondary N) is 1. The average Bonchev–Trinajstić information content (AvgIpc) is 2.79. The number of aliphatic imine (C=N–C) groups is 1. The van der Waals surface area contributed by atoms with Crippen LogP contribution in [0.4, 0.5) is 10.5 Å². The van der Waals surface area contributed by atoms with Crippen molar-refractivity contribution in [1.29, 1.82) is 0 Å². The molecule has 1 aromatic carbocycles. The molecule has 2 fully saturated rings. The van der Waals surface area contributed by atoms with Crippen LogP contribution in [0.25, 0.3) is 0 Å². The predicted molar refractivity (Wildman–Crippen MR) is 123 cm³/mol. The van der Waals surface area contributed by atoms with Crippen LogP contribution in [0.5, 0.6) is 0 Å². The number of nitrogens with zero attached hydrogens (tertiary/aromatic N) is 3. The summed E-state index contributed by atoms with van der Waals surface area (Å²) in [7, 11) is 0. The van der Waals surface area contributed by atoms with E-state index in [4.69, 9.17) is 9.83 Å². The lowest BCUT2D eigenvalue weighted by molar-refractivity contribution is 0.175. The van der Waals surface area contributed by atoms with Crippen LogP contribution >= 0.6 is 0 Å². The zero-order valence-electron chi connectivity index (χ0n) is 18.5. The Bertz CT molecular complexity index is 720. The summed E-state index contributed by atoms with van der Waals surface area (Å²) in [5.41, 5.74) is 1.66. The third-order valence-corrected chi connectivity index (χ3v) is 6.05. The standard InChI is InChI=1S/C24H36N4O2/c1-3-19(2)27-30-24(26-21-15-9-5-10-16-21)28(22-17-11-6-12-18-22)23(29)25-20-13-7-4-8-14-20/h4,7-8,13-14,21-22H,3,5-6,9-12,15-18H2,1-2H3,(H,25,29)/b26-24-,27-19+. The highest BCUT2D eigenvalue weighted by atomic mass is 16.6. The van der Waals surface area contributed by atoms with Crippen molar-refractivity contribution in [3.05, 3.63) is 30.3 Å². The van der Waals surface area contributed by atoms with Gasteiger partial charge in [-0.15, -0.1) is 0 Å². The number of para-hydroxylation sites is 1. The van der Waals surface area contributed by atoms with Crippen molar-refractivity contribution in [2.75, 3.05) is 5.32 Å². The van der Waals surface area contributed by atoms with Crippen LogP contribution in [-0.2, 0) is 4.84 Å². The summed E-state index contributed by atoms with van der Waals surface area (Å²) in [6.07, 6.45) is 11.9. The molecule has 0 atom stereocenters. The largest absolute Gasteiger partial charge is 0.330 e. The van der Waals surface area contributed by atoms with Gasteiger partial charge in [0.25, 0.3) is 0 Å². The Balaban J connectivity index is 1.89. The van der Waals surface area contributed by atoms with Crippen LogP contribution in [0.15, 0.2) is 40.5 Å². The average molecular weight is 413 g/mol. The number of carbonyl (C=O) groups is 1. The van der Waals surface area contributed by atoms with Crippen molar-refractivity contribution in [3.63, 3.8) is 0 Å². The molecule has 30 heavy (non-hydrogen) atoms. The molecule has 3 rings (SSSR count). The Kier molecular flexibility index (Phi) is 8.72. The third-order valence-electron chi connectivity index (χ3n) is 6.05. The lowest BCUT2D eigenvalue weighted by Gasteiger charge is -2.34. The van der Waals surface area contributed by atoms with Crippen LogP contribution < -0.4 is 5.32 Å². The zero-order valence-corrected chi connectivity index (χ0v) is 18.5. The second kappa shape index (κ2) is 11.7. The lowest BCUT2D eigenvalue weighted by atomic mass is 9.94. The first kappa shape index (κ1) is 22.3. The number of carbonyl (C=O) groups excluding carboxylic acids is 1. The van der Waals surface area contributed by atoms with Crippen molar-refractivity contribution < 1.29 is 9.63 Å². The van der Waals surface area contributed by atoms with Gasteiger partial charge in [-0.25, -0.2) is 14.7 Å². The molecular formula is C24H36N4O2. The fourth-order valence-electron chi connectivity index (χ4n) is 4.13. The number of oxime groups is 1. The molecule has 2 aliphatic carbocycles. The van der Waals surface area contributed by atoms with E-state index in [0.29, 0.717) is 6.02 Å². The number of rotatable bonds is 5. The van der Waals surface area contributed by atoms with E-state index in [2.05, 4.69) is 10.5 Å². The van der Waals surface area contributed by atoms with Crippen LogP contribution in [0, 0.1) is 0 Å². The molecule has 0 bridgehead atoms. The quantitative estimate of drug-likeness (QED) is 0.348. The van der Waals surface area contributed by atoms with E-state index in [1.54, 1.807) is 4.90 Å². The summed E-state index contributed by atoms with van der Waals surface area (Å²) in [5, 5.41) is 7.31. The van der Waals surface area contributed by atoms with E-state index in [0.717, 1.165) is 56.3 Å². The molecule has 0 heterocycles. The maximum absolute atomic E-state index is 13.4. The molecular weight excluding hydrogens is 376 g/mol. The fourth-order valence-corrected chi connectivity index (χ4v) is 4.13. The second-order valence-corrected chi connectivity index (χ2v) is 8.43. The van der Waals surface area contributed by atoms with Gasteiger partial charge in [0.15, 0.2) is 0 Å². The highest BCUT2D eigenvalue weighted by molar-refractivity contribution is 6.01. The maximum atomic E-state index is 13.4. The van der Waals surface area contributed by atoms with Gasteiger partial charge in [-0.2, -0.15) is 0 Å². The summed E-state index contributed by atoms with van der Waals surface area (Å²) in [6, 6.07) is 10.0. The summed E-state index contributed by atoms with van der Waals surface area (Å²) in [6.45, 7) is 3.98. The van der Waals surface area contributed by atoms with Gasteiger partial charge in [-0.3, -0.25) is 0 Å². The molecule has 2 amide bonds. The first-order valence-corrected chi connectivity index (χ1v) is 11.6. The number of anilines is 1. The number of hydrogen-bond donors (Lipinski definition) is 1. The van der Waals surface area contributed by atoms with Crippen LogP contribution in [0.3, 0.4) is 0 Å². The molecule has 6 nitrogen and oxygen atoms in total. The van der Waals surface area contributed by atoms with Crippen LogP contribution in [0.1, 0.15) is 84.5 Å². The lowest BCUT2D eigenvalue weighted by Crippen LogP contribution is -2.48. The minimum atomic E-state index is -0.188. The first-order chi connectivity index (χ1) is 14.7. The highest BCUT2D eigenvalue weighted by Gasteiger charge is 2.32. The Morgan fingerprint density at radius 1 is 1.03 bits per heavy atom. The van der Waals surface area contributed by atoms with Crippen LogP contribution in [-0.4, -0.2) is 34.7 Å². The smallest absolute Gasteiger partial charge is 0.317 e. The maximum Gasteiger partial charge on any atom is 0.330 e. The monoisotopic (exact) mass is 412 g/mol. The molecule has 6 heteroatoms. The van der Waals surface area contributed by atoms with E-state index < -0.39 is 0 Å². The Labute approximate surface area is 180 Å². The van der Waals surface area contributed by atoms with E-state index in [1.807, 2.05) is 44.2 Å². The number of urea groups is 1. The minimum absolute atomic E-state index is 0.0851. The van der Waals surface area contributed by atoms with E-state index in [9.17, 15) is 4.79 Å². The fraction of sp³-hybridized carbons (Fsp3) is 0.625. The number of amidine groups is 1. The van der Waals surface area contributed by atoms with Gasteiger partial charge < -0.3 is 10.2 Å². The van der Waals surface area contributed by atoms with Crippen molar-refractivity contribution in [3.8, 4) is 0 Å². The molecule has 0 saturated heterocycles. The molecule has 164 valence electrons. The van der Waals surface area contributed by atoms with Crippen molar-refractivity contribution >= 4 is 23.5 Å². The molecule has 1 N–H and O–H groups in total. The van der Waals surface area contributed by atoms with Gasteiger partial charge in [-0.05, 0) is 51.2 Å². The highest BCUT2D eigenvalue weighted by Crippen LogP contribution is 2.26. The molecule has 2 saturated carbocycles. The van der Waals surface area contributed by atoms with Crippen molar-refractivity contribution in [2.45, 2.75) is 96.6 Å². The van der Waals surface area contributed by atoms with Gasteiger partial charge in [-0.1, -0.05) is 68.8 Å². The van der Waals surface area contributed by atoms with Gasteiger partial charge in [0.2, 0.25) is 0 Å². The molecule has 0 aromatic heterocycles. The number of benzene rings is 1. The molecule has 0 aliphatic heterocycles. The number of hydrogen-bond acceptors (Lipinski definition) is 4. The van der Waals surface area contributed by atoms with Gasteiger partial charge in [0, 0.05) is 11.7 Å². The second-order valence-electron chi connectivity index (χ2n) is 8.43. The van der Waals surface area contributed by atoms with E-state index >= 15 is 0 Å². The van der Waals surface area contributed by atoms with Crippen LogP contribution in [0.2, 0.25) is 0 Å². The van der Waals surface area contributed by atoms with Gasteiger partial charge in [0.1, 0.15) is 0 Å². The Morgan fingerprint density at radius 2 is 1.67 bits per heavy atom. The normalized spacial score (nSPS) is 19.4. The Hall–Kier alpha value is -2.37. The van der Waals surface area contributed by atoms with Crippen molar-refractivity contribution in [1.82, 2.24) is 4.90 Å². The first-order valence-electron chi connectivity index (χ1n) is 11.6. The van der Waals surface area contributed by atoms with Crippen molar-refractivity contribution in [2.24, 2.45) is 10.1 Å². The van der Waals surface area contributed by atoms with Gasteiger partial charge >= 0.3 is 12.1 Å². The molecule has 1 aromatic rings. The number of amides is 2.